The second-order valence-corrected chi connectivity index (χ2v) is 8.89. The van der Waals surface area contributed by atoms with E-state index in [1.54, 1.807) is 5.30 Å². The van der Waals surface area contributed by atoms with Crippen molar-refractivity contribution in [3.63, 3.8) is 0 Å². The van der Waals surface area contributed by atoms with Gasteiger partial charge in [0.05, 0.1) is 8.22 Å². The lowest BCUT2D eigenvalue weighted by Gasteiger charge is -2.29. The Bertz CT molecular complexity index is 456. The van der Waals surface area contributed by atoms with Crippen LogP contribution in [0.3, 0.4) is 0 Å². The Hall–Kier alpha value is -0.430. The van der Waals surface area contributed by atoms with E-state index >= 15 is 0 Å². The number of nitrogens with zero attached hydrogens (tertiary/aromatic N) is 2. The Kier molecular flexibility index (Phi) is 4.17. The summed E-state index contributed by atoms with van der Waals surface area (Å²) in [6.45, 7) is 4.63. The summed E-state index contributed by atoms with van der Waals surface area (Å²) in [5, 5.41) is 1.58. The number of likely N-dealkylation sites (N-methyl/N-ethyl adjacent to an activating group) is 2. The molecule has 1 saturated carbocycles. The molecule has 2 aliphatic rings. The Balaban J connectivity index is 1.97. The lowest BCUT2D eigenvalue weighted by Crippen LogP contribution is -2.37. The van der Waals surface area contributed by atoms with Crippen LogP contribution in [0.25, 0.3) is 0 Å². The molecule has 20 heavy (non-hydrogen) atoms. The van der Waals surface area contributed by atoms with Gasteiger partial charge in [-0.2, -0.15) is 0 Å². The minimum atomic E-state index is -0.300. The molecular formula is C17H27N2P. The van der Waals surface area contributed by atoms with Crippen LogP contribution in [0.2, 0.25) is 0 Å². The molecule has 1 saturated heterocycles. The summed E-state index contributed by atoms with van der Waals surface area (Å²) in [6.07, 6.45) is 5.59. The monoisotopic (exact) mass is 290 g/mol. The summed E-state index contributed by atoms with van der Waals surface area (Å²) < 4.78 is 5.39. The zero-order valence-electron chi connectivity index (χ0n) is 13.2. The van der Waals surface area contributed by atoms with Gasteiger partial charge in [0.15, 0.2) is 0 Å². The molecule has 1 aliphatic carbocycles. The van der Waals surface area contributed by atoms with Gasteiger partial charge in [0, 0.05) is 17.4 Å². The van der Waals surface area contributed by atoms with Gasteiger partial charge in [-0.1, -0.05) is 51.0 Å². The Morgan fingerprint density at radius 3 is 2.10 bits per heavy atom. The first-order chi connectivity index (χ1) is 9.61. The standard InChI is InChI=1S/C17H27N2P/c1-13(2)14-9-5-8-12-17(14)20-18(3)15-10-6-7-11-16(15)19(20)4/h5,8-9,12-13,15-16H,6-7,10-11H2,1-4H3/t15-,16-/m1/s1. The van der Waals surface area contributed by atoms with Crippen molar-refractivity contribution in [1.29, 1.82) is 0 Å². The molecule has 2 fully saturated rings. The molecule has 0 N–H and O–H groups in total. The molecule has 0 unspecified atom stereocenters. The van der Waals surface area contributed by atoms with Crippen LogP contribution in [0.15, 0.2) is 24.3 Å². The maximum absolute atomic E-state index is 2.69. The maximum Gasteiger partial charge on any atom is 0.0728 e. The number of hydrogen-bond acceptors (Lipinski definition) is 2. The second-order valence-electron chi connectivity index (χ2n) is 6.57. The molecule has 1 aromatic carbocycles. The largest absolute Gasteiger partial charge is 0.265 e. The average Bonchev–Trinajstić information content (AvgIpc) is 2.71. The Morgan fingerprint density at radius 1 is 1.00 bits per heavy atom. The predicted octanol–water partition coefficient (Wildman–Crippen LogP) is 3.94. The van der Waals surface area contributed by atoms with E-state index in [4.69, 9.17) is 0 Å². The third-order valence-electron chi connectivity index (χ3n) is 5.03. The maximum atomic E-state index is 2.69. The Morgan fingerprint density at radius 2 is 1.55 bits per heavy atom. The summed E-state index contributed by atoms with van der Waals surface area (Å²) in [4.78, 5) is 0. The third-order valence-corrected chi connectivity index (χ3v) is 7.65. The molecule has 0 spiro atoms. The van der Waals surface area contributed by atoms with E-state index in [1.165, 1.54) is 31.2 Å². The highest BCUT2D eigenvalue weighted by molar-refractivity contribution is 7.61. The van der Waals surface area contributed by atoms with Gasteiger partial charge < -0.3 is 0 Å². The van der Waals surface area contributed by atoms with Crippen molar-refractivity contribution in [1.82, 2.24) is 9.34 Å². The van der Waals surface area contributed by atoms with E-state index in [1.807, 2.05) is 0 Å². The molecular weight excluding hydrogens is 263 g/mol. The van der Waals surface area contributed by atoms with Gasteiger partial charge in [-0.3, -0.25) is 9.34 Å². The number of fused-ring (bicyclic) bond motifs is 1. The molecule has 3 rings (SSSR count). The van der Waals surface area contributed by atoms with Crippen LogP contribution in [0.4, 0.5) is 0 Å². The van der Waals surface area contributed by atoms with Gasteiger partial charge >= 0.3 is 0 Å². The number of benzene rings is 1. The zero-order chi connectivity index (χ0) is 14.3. The van der Waals surface area contributed by atoms with Gasteiger partial charge in [-0.25, -0.2) is 0 Å². The normalized spacial score (nSPS) is 29.1. The van der Waals surface area contributed by atoms with Gasteiger partial charge in [0.1, 0.15) is 0 Å². The van der Waals surface area contributed by atoms with E-state index < -0.39 is 0 Å². The van der Waals surface area contributed by atoms with Crippen LogP contribution in [-0.2, 0) is 0 Å². The number of rotatable bonds is 2. The lowest BCUT2D eigenvalue weighted by atomic mass is 9.91. The van der Waals surface area contributed by atoms with Crippen LogP contribution in [-0.4, -0.2) is 35.5 Å². The van der Waals surface area contributed by atoms with Crippen molar-refractivity contribution in [2.45, 2.75) is 57.5 Å². The molecule has 0 radical (unpaired) electrons. The van der Waals surface area contributed by atoms with Crippen molar-refractivity contribution in [2.24, 2.45) is 0 Å². The Labute approximate surface area is 125 Å². The number of hydrogen-bond donors (Lipinski definition) is 0. The minimum absolute atomic E-state index is 0.300. The van der Waals surface area contributed by atoms with Crippen LogP contribution >= 0.6 is 8.22 Å². The van der Waals surface area contributed by atoms with E-state index in [9.17, 15) is 0 Å². The SMILES string of the molecule is CC(C)c1ccccc1P1N(C)[C@@H]2CCCC[C@H]2N1C. The smallest absolute Gasteiger partial charge is 0.0728 e. The zero-order valence-corrected chi connectivity index (χ0v) is 14.1. The van der Waals surface area contributed by atoms with E-state index in [-0.39, 0.29) is 8.22 Å². The molecule has 0 aromatic heterocycles. The van der Waals surface area contributed by atoms with Gasteiger partial charge in [-0.05, 0) is 38.4 Å². The fourth-order valence-electron chi connectivity index (χ4n) is 3.96. The molecule has 0 amide bonds. The molecule has 3 heteroatoms. The topological polar surface area (TPSA) is 6.48 Å². The van der Waals surface area contributed by atoms with Crippen LogP contribution < -0.4 is 5.30 Å². The van der Waals surface area contributed by atoms with Crippen molar-refractivity contribution in [2.75, 3.05) is 14.1 Å². The summed E-state index contributed by atoms with van der Waals surface area (Å²) in [6, 6.07) is 10.7. The van der Waals surface area contributed by atoms with Gasteiger partial charge in [-0.15, -0.1) is 0 Å². The first-order valence-corrected chi connectivity index (χ1v) is 9.20. The molecule has 110 valence electrons. The minimum Gasteiger partial charge on any atom is -0.265 e. The fraction of sp³-hybridized carbons (Fsp3) is 0.647. The van der Waals surface area contributed by atoms with Crippen molar-refractivity contribution in [3.8, 4) is 0 Å². The highest BCUT2D eigenvalue weighted by Gasteiger charge is 2.45. The van der Waals surface area contributed by atoms with Crippen molar-refractivity contribution < 1.29 is 0 Å². The van der Waals surface area contributed by atoms with E-state index in [2.05, 4.69) is 61.5 Å². The highest BCUT2D eigenvalue weighted by Crippen LogP contribution is 2.55. The van der Waals surface area contributed by atoms with Gasteiger partial charge in [0.25, 0.3) is 0 Å². The van der Waals surface area contributed by atoms with E-state index in [0.717, 1.165) is 12.1 Å². The van der Waals surface area contributed by atoms with Crippen LogP contribution in [0, 0.1) is 0 Å². The second kappa shape index (κ2) is 5.75. The molecule has 1 aromatic rings. The summed E-state index contributed by atoms with van der Waals surface area (Å²) in [5.74, 6) is 0.609. The molecule has 2 nitrogen and oxygen atoms in total. The van der Waals surface area contributed by atoms with Crippen LogP contribution in [0.5, 0.6) is 0 Å². The first-order valence-electron chi connectivity index (χ1n) is 7.95. The van der Waals surface area contributed by atoms with Gasteiger partial charge in [0.2, 0.25) is 0 Å². The molecule has 2 atom stereocenters. The summed E-state index contributed by atoms with van der Waals surface area (Å²) >= 11 is 0. The van der Waals surface area contributed by atoms with E-state index in [0.29, 0.717) is 5.92 Å². The molecule has 1 aliphatic heterocycles. The molecule has 1 heterocycles. The average molecular weight is 290 g/mol. The predicted molar refractivity (Wildman–Crippen MR) is 88.7 cm³/mol. The fourth-order valence-corrected chi connectivity index (χ4v) is 6.97. The van der Waals surface area contributed by atoms with Crippen LogP contribution in [0.1, 0.15) is 51.0 Å². The van der Waals surface area contributed by atoms with Crippen molar-refractivity contribution in [3.05, 3.63) is 29.8 Å². The quantitative estimate of drug-likeness (QED) is 0.761. The van der Waals surface area contributed by atoms with Crippen molar-refractivity contribution >= 4 is 13.5 Å². The summed E-state index contributed by atoms with van der Waals surface area (Å²) in [5.41, 5.74) is 1.54. The molecule has 0 bridgehead atoms. The third kappa shape index (κ3) is 2.32. The lowest BCUT2D eigenvalue weighted by molar-refractivity contribution is 0.233. The first kappa shape index (κ1) is 14.5. The summed E-state index contributed by atoms with van der Waals surface area (Å²) in [7, 11) is 4.41. The highest BCUT2D eigenvalue weighted by atomic mass is 31.1.